The second-order valence-corrected chi connectivity index (χ2v) is 8.85. The number of carbonyl (C=O) groups is 2. The van der Waals surface area contributed by atoms with E-state index in [9.17, 15) is 9.59 Å². The van der Waals surface area contributed by atoms with E-state index in [1.54, 1.807) is 55.3 Å². The van der Waals surface area contributed by atoms with E-state index in [2.05, 4.69) is 10.3 Å². The summed E-state index contributed by atoms with van der Waals surface area (Å²) in [4.78, 5) is 31.3. The normalized spacial score (nSPS) is 13.2. The molecule has 8 heteroatoms. The molecule has 0 unspecified atom stereocenters. The Morgan fingerprint density at radius 2 is 1.79 bits per heavy atom. The van der Waals surface area contributed by atoms with E-state index >= 15 is 0 Å². The summed E-state index contributed by atoms with van der Waals surface area (Å²) in [5.41, 5.74) is 2.86. The Morgan fingerprint density at radius 3 is 2.45 bits per heavy atom. The van der Waals surface area contributed by atoms with Crippen molar-refractivity contribution in [3.63, 3.8) is 0 Å². The van der Waals surface area contributed by atoms with Gasteiger partial charge in [-0.3, -0.25) is 9.59 Å². The number of aryl methyl sites for hydroxylation is 1. The number of anilines is 1. The van der Waals surface area contributed by atoms with Gasteiger partial charge in [0.2, 0.25) is 11.8 Å². The molecule has 0 bridgehead atoms. The van der Waals surface area contributed by atoms with Crippen molar-refractivity contribution in [2.75, 3.05) is 31.3 Å². The Kier molecular flexibility index (Phi) is 7.34. The van der Waals surface area contributed by atoms with Crippen LogP contribution in [0, 0.1) is 6.92 Å². The van der Waals surface area contributed by atoms with Gasteiger partial charge in [-0.2, -0.15) is 0 Å². The molecule has 33 heavy (non-hydrogen) atoms. The number of hydrogen-bond acceptors (Lipinski definition) is 6. The highest BCUT2D eigenvalue weighted by molar-refractivity contribution is 7.99. The number of carbonyl (C=O) groups excluding carboxylic acids is 2. The molecule has 2 heterocycles. The monoisotopic (exact) mass is 465 g/mol. The van der Waals surface area contributed by atoms with Crippen LogP contribution in [-0.4, -0.2) is 47.7 Å². The van der Waals surface area contributed by atoms with Gasteiger partial charge in [0, 0.05) is 35.7 Å². The first-order valence-corrected chi connectivity index (χ1v) is 12.1. The third kappa shape index (κ3) is 5.76. The number of aromatic nitrogens is 1. The number of amides is 2. The van der Waals surface area contributed by atoms with Crippen molar-refractivity contribution >= 4 is 29.3 Å². The van der Waals surface area contributed by atoms with Crippen LogP contribution in [0.25, 0.3) is 11.5 Å². The number of benzene rings is 2. The maximum Gasteiger partial charge on any atom is 0.255 e. The van der Waals surface area contributed by atoms with Gasteiger partial charge in [-0.1, -0.05) is 0 Å². The third-order valence-corrected chi connectivity index (χ3v) is 6.49. The number of rotatable bonds is 8. The van der Waals surface area contributed by atoms with Crippen LogP contribution in [-0.2, 0) is 10.5 Å². The number of methoxy groups -OCH3 is 1. The molecule has 1 aliphatic rings. The molecule has 1 fully saturated rings. The van der Waals surface area contributed by atoms with Gasteiger partial charge in [0.25, 0.3) is 5.91 Å². The molecule has 1 aromatic heterocycles. The van der Waals surface area contributed by atoms with Crippen LogP contribution in [0.5, 0.6) is 5.75 Å². The lowest BCUT2D eigenvalue weighted by Gasteiger charge is -2.14. The molecule has 7 nitrogen and oxygen atoms in total. The lowest BCUT2D eigenvalue weighted by atomic mass is 10.1. The lowest BCUT2D eigenvalue weighted by Crippen LogP contribution is -2.29. The number of oxazole rings is 1. The average Bonchev–Trinajstić information content (AvgIpc) is 3.50. The topological polar surface area (TPSA) is 84.7 Å². The predicted octanol–water partition coefficient (Wildman–Crippen LogP) is 4.77. The minimum atomic E-state index is -0.199. The standard InChI is InChI=1S/C25H27N3O4S/c1-17-22(15-33-16-23(29)28-13-3-4-14-28)27-25(32-17)19-7-5-18(6-8-19)24(30)26-20-9-11-21(31-2)12-10-20/h5-12H,3-4,13-16H2,1-2H3,(H,26,30). The fraction of sp³-hybridized carbons (Fsp3) is 0.320. The van der Waals surface area contributed by atoms with Crippen LogP contribution in [0.3, 0.4) is 0 Å². The molecule has 0 radical (unpaired) electrons. The van der Waals surface area contributed by atoms with Gasteiger partial charge in [-0.25, -0.2) is 4.98 Å². The van der Waals surface area contributed by atoms with Crippen LogP contribution in [0.2, 0.25) is 0 Å². The predicted molar refractivity (Wildman–Crippen MR) is 130 cm³/mol. The molecule has 0 atom stereocenters. The van der Waals surface area contributed by atoms with Crippen molar-refractivity contribution in [1.82, 2.24) is 9.88 Å². The summed E-state index contributed by atoms with van der Waals surface area (Å²) >= 11 is 1.56. The molecule has 2 amide bonds. The van der Waals surface area contributed by atoms with Crippen LogP contribution < -0.4 is 10.1 Å². The Bertz CT molecular complexity index is 1100. The highest BCUT2D eigenvalue weighted by Crippen LogP contribution is 2.25. The Labute approximate surface area is 197 Å². The van der Waals surface area contributed by atoms with Crippen LogP contribution in [0.15, 0.2) is 52.9 Å². The zero-order chi connectivity index (χ0) is 23.2. The third-order valence-electron chi connectivity index (χ3n) is 5.56. The van der Waals surface area contributed by atoms with Gasteiger partial charge in [0.1, 0.15) is 11.5 Å². The summed E-state index contributed by atoms with van der Waals surface area (Å²) in [7, 11) is 1.60. The number of ether oxygens (including phenoxy) is 1. The van der Waals surface area contributed by atoms with Gasteiger partial charge in [-0.15, -0.1) is 11.8 Å². The maximum atomic E-state index is 12.5. The van der Waals surface area contributed by atoms with Gasteiger partial charge < -0.3 is 19.4 Å². The molecule has 1 saturated heterocycles. The smallest absolute Gasteiger partial charge is 0.255 e. The highest BCUT2D eigenvalue weighted by Gasteiger charge is 2.18. The van der Waals surface area contributed by atoms with Crippen molar-refractivity contribution in [1.29, 1.82) is 0 Å². The van der Waals surface area contributed by atoms with Crippen LogP contribution in [0.1, 0.15) is 34.7 Å². The van der Waals surface area contributed by atoms with E-state index in [-0.39, 0.29) is 11.8 Å². The largest absolute Gasteiger partial charge is 0.497 e. The fourth-order valence-corrected chi connectivity index (χ4v) is 4.54. The van der Waals surface area contributed by atoms with E-state index in [1.165, 1.54) is 0 Å². The Hall–Kier alpha value is -3.26. The van der Waals surface area contributed by atoms with Crippen LogP contribution >= 0.6 is 11.8 Å². The highest BCUT2D eigenvalue weighted by atomic mass is 32.2. The average molecular weight is 466 g/mol. The van der Waals surface area contributed by atoms with Crippen molar-refractivity contribution < 1.29 is 18.7 Å². The van der Waals surface area contributed by atoms with Crippen molar-refractivity contribution in [3.05, 3.63) is 65.5 Å². The molecule has 0 spiro atoms. The van der Waals surface area contributed by atoms with Crippen molar-refractivity contribution in [2.45, 2.75) is 25.5 Å². The van der Waals surface area contributed by atoms with E-state index in [0.717, 1.165) is 48.7 Å². The SMILES string of the molecule is COc1ccc(NC(=O)c2ccc(-c3nc(CSCC(=O)N4CCCC4)c(C)o3)cc2)cc1. The summed E-state index contributed by atoms with van der Waals surface area (Å²) in [6, 6.07) is 14.3. The van der Waals surface area contributed by atoms with Gasteiger partial charge in [-0.05, 0) is 68.3 Å². The first-order chi connectivity index (χ1) is 16.0. The number of nitrogens with zero attached hydrogens (tertiary/aromatic N) is 2. The number of likely N-dealkylation sites (tertiary alicyclic amines) is 1. The first kappa shape index (κ1) is 22.9. The molecular weight excluding hydrogens is 438 g/mol. The zero-order valence-corrected chi connectivity index (χ0v) is 19.6. The van der Waals surface area contributed by atoms with Crippen molar-refractivity contribution in [3.8, 4) is 17.2 Å². The van der Waals surface area contributed by atoms with E-state index < -0.39 is 0 Å². The Balaban J connectivity index is 1.34. The molecule has 3 aromatic rings. The molecule has 0 saturated carbocycles. The quantitative estimate of drug-likeness (QED) is 0.516. The second-order valence-electron chi connectivity index (χ2n) is 7.86. The number of hydrogen-bond donors (Lipinski definition) is 1. The molecule has 4 rings (SSSR count). The minimum Gasteiger partial charge on any atom is -0.497 e. The first-order valence-electron chi connectivity index (χ1n) is 10.9. The summed E-state index contributed by atoms with van der Waals surface area (Å²) in [6.07, 6.45) is 2.20. The summed E-state index contributed by atoms with van der Waals surface area (Å²) in [6.45, 7) is 3.63. The molecular formula is C25H27N3O4S. The molecule has 1 aliphatic heterocycles. The summed E-state index contributed by atoms with van der Waals surface area (Å²) in [5.74, 6) is 3.06. The summed E-state index contributed by atoms with van der Waals surface area (Å²) in [5, 5.41) is 2.87. The second kappa shape index (κ2) is 10.6. The Morgan fingerprint density at radius 1 is 1.09 bits per heavy atom. The van der Waals surface area contributed by atoms with E-state index in [4.69, 9.17) is 9.15 Å². The summed E-state index contributed by atoms with van der Waals surface area (Å²) < 4.78 is 11.0. The maximum absolute atomic E-state index is 12.5. The fourth-order valence-electron chi connectivity index (χ4n) is 3.62. The molecule has 0 aliphatic carbocycles. The van der Waals surface area contributed by atoms with E-state index in [0.29, 0.717) is 28.6 Å². The van der Waals surface area contributed by atoms with E-state index in [1.807, 2.05) is 24.0 Å². The van der Waals surface area contributed by atoms with Gasteiger partial charge in [0.15, 0.2) is 0 Å². The molecule has 1 N–H and O–H groups in total. The minimum absolute atomic E-state index is 0.197. The van der Waals surface area contributed by atoms with Crippen molar-refractivity contribution in [2.24, 2.45) is 0 Å². The lowest BCUT2D eigenvalue weighted by molar-refractivity contribution is -0.127. The number of nitrogens with one attached hydrogen (secondary N) is 1. The van der Waals surface area contributed by atoms with Gasteiger partial charge >= 0.3 is 0 Å². The molecule has 2 aromatic carbocycles. The van der Waals surface area contributed by atoms with Crippen LogP contribution in [0.4, 0.5) is 5.69 Å². The number of thioether (sulfide) groups is 1. The zero-order valence-electron chi connectivity index (χ0n) is 18.8. The molecule has 172 valence electrons. The van der Waals surface area contributed by atoms with Gasteiger partial charge in [0.05, 0.1) is 18.6 Å².